The molecular weight excluding hydrogens is 103 g/mol. The van der Waals surface area contributed by atoms with Gasteiger partial charge in [0.1, 0.15) is 0 Å². The van der Waals surface area contributed by atoms with E-state index in [0.717, 1.165) is 6.42 Å². The highest BCUT2D eigenvalue weighted by atomic mass is 31.0. The van der Waals surface area contributed by atoms with Crippen LogP contribution in [0.1, 0.15) is 6.42 Å². The minimum Gasteiger partial charge on any atom is -0.126 e. The van der Waals surface area contributed by atoms with Crippen molar-refractivity contribution in [1.82, 2.24) is 0 Å². The summed E-state index contributed by atoms with van der Waals surface area (Å²) < 4.78 is 0. The van der Waals surface area contributed by atoms with Crippen molar-refractivity contribution >= 4 is 9.24 Å². The minimum absolute atomic E-state index is 0.591. The van der Waals surface area contributed by atoms with E-state index < -0.39 is 0 Å². The van der Waals surface area contributed by atoms with E-state index in [4.69, 9.17) is 0 Å². The lowest BCUT2D eigenvalue weighted by molar-refractivity contribution is 1.25. The zero-order valence-electron chi connectivity index (χ0n) is 4.17. The van der Waals surface area contributed by atoms with Crippen molar-refractivity contribution in [2.24, 2.45) is 0 Å². The summed E-state index contributed by atoms with van der Waals surface area (Å²) in [6, 6.07) is 0. The molecule has 1 rings (SSSR count). The third kappa shape index (κ3) is 1.44. The lowest BCUT2D eigenvalue weighted by Crippen LogP contribution is -1.87. The molecular formula is C6H9P. The smallest absolute Gasteiger partial charge is 0.00928 e. The number of hydrogen-bond acceptors (Lipinski definition) is 0. The van der Waals surface area contributed by atoms with Gasteiger partial charge in [-0.25, -0.2) is 0 Å². The molecule has 0 aliphatic heterocycles. The fourth-order valence-electron chi connectivity index (χ4n) is 0.614. The van der Waals surface area contributed by atoms with Crippen molar-refractivity contribution < 1.29 is 0 Å². The van der Waals surface area contributed by atoms with Crippen molar-refractivity contribution in [2.45, 2.75) is 12.1 Å². The molecule has 38 valence electrons. The van der Waals surface area contributed by atoms with Crippen LogP contribution in [0.3, 0.4) is 0 Å². The van der Waals surface area contributed by atoms with Gasteiger partial charge < -0.3 is 0 Å². The van der Waals surface area contributed by atoms with Crippen LogP contribution in [-0.2, 0) is 0 Å². The van der Waals surface area contributed by atoms with Crippen LogP contribution < -0.4 is 0 Å². The van der Waals surface area contributed by atoms with Gasteiger partial charge >= 0.3 is 0 Å². The first-order valence-corrected chi connectivity index (χ1v) is 3.15. The summed E-state index contributed by atoms with van der Waals surface area (Å²) in [6.07, 6.45) is 9.84. The lowest BCUT2D eigenvalue weighted by Gasteiger charge is -1.99. The molecule has 1 atom stereocenters. The second-order valence-electron chi connectivity index (χ2n) is 1.67. The fraction of sp³-hybridized carbons (Fsp3) is 0.333. The maximum absolute atomic E-state index is 2.73. The highest BCUT2D eigenvalue weighted by Gasteiger charge is 1.90. The predicted molar refractivity (Wildman–Crippen MR) is 36.4 cm³/mol. The number of hydrogen-bond donors (Lipinski definition) is 0. The van der Waals surface area contributed by atoms with Crippen LogP contribution in [0.4, 0.5) is 0 Å². The summed E-state index contributed by atoms with van der Waals surface area (Å²) in [5, 5.41) is 0. The van der Waals surface area contributed by atoms with Gasteiger partial charge in [0.15, 0.2) is 0 Å². The summed E-state index contributed by atoms with van der Waals surface area (Å²) in [4.78, 5) is 0. The van der Waals surface area contributed by atoms with E-state index in [2.05, 4.69) is 33.5 Å². The molecule has 0 fully saturated rings. The van der Waals surface area contributed by atoms with Crippen LogP contribution in [0, 0.1) is 0 Å². The first kappa shape index (κ1) is 5.05. The van der Waals surface area contributed by atoms with Crippen molar-refractivity contribution in [3.8, 4) is 0 Å². The molecule has 1 unspecified atom stereocenters. The molecule has 1 heteroatoms. The van der Waals surface area contributed by atoms with Crippen LogP contribution in [0.25, 0.3) is 0 Å². The third-order valence-corrected chi connectivity index (χ3v) is 1.43. The molecule has 0 N–H and O–H groups in total. The van der Waals surface area contributed by atoms with Gasteiger partial charge in [-0.1, -0.05) is 24.3 Å². The molecule has 0 heterocycles. The van der Waals surface area contributed by atoms with Crippen molar-refractivity contribution in [2.75, 3.05) is 0 Å². The molecule has 0 aromatic heterocycles. The summed E-state index contributed by atoms with van der Waals surface area (Å²) in [7, 11) is 2.73. The number of rotatable bonds is 0. The standard InChI is InChI=1S/C6H9P/c7-6-4-2-1-3-5-6/h2-6H,1,7H2. The quantitative estimate of drug-likeness (QED) is 0.331. The average molecular weight is 112 g/mol. The normalized spacial score (nSPS) is 20.7. The molecule has 0 bridgehead atoms. The van der Waals surface area contributed by atoms with Crippen molar-refractivity contribution in [1.29, 1.82) is 0 Å². The Bertz CT molecular complexity index is 90.7. The maximum atomic E-state index is 2.73. The van der Waals surface area contributed by atoms with Gasteiger partial charge in [0.05, 0.1) is 0 Å². The highest BCUT2D eigenvalue weighted by molar-refractivity contribution is 7.18. The van der Waals surface area contributed by atoms with Gasteiger partial charge in [-0.05, 0) is 6.42 Å². The Hall–Kier alpha value is -0.0900. The topological polar surface area (TPSA) is 0 Å². The van der Waals surface area contributed by atoms with Gasteiger partial charge in [-0.2, -0.15) is 0 Å². The zero-order chi connectivity index (χ0) is 5.11. The third-order valence-electron chi connectivity index (χ3n) is 0.989. The summed E-state index contributed by atoms with van der Waals surface area (Å²) in [5.41, 5.74) is 0.591. The summed E-state index contributed by atoms with van der Waals surface area (Å²) in [5.74, 6) is 0. The second kappa shape index (κ2) is 2.28. The zero-order valence-corrected chi connectivity index (χ0v) is 5.33. The molecule has 0 spiro atoms. The van der Waals surface area contributed by atoms with E-state index in [9.17, 15) is 0 Å². The van der Waals surface area contributed by atoms with Gasteiger partial charge in [0.2, 0.25) is 0 Å². The SMILES string of the molecule is PC1C=CCC=C1. The molecule has 7 heavy (non-hydrogen) atoms. The fourth-order valence-corrected chi connectivity index (χ4v) is 0.928. The minimum atomic E-state index is 0.591. The Morgan fingerprint density at radius 3 is 2.14 bits per heavy atom. The molecule has 0 nitrogen and oxygen atoms in total. The molecule has 0 aromatic carbocycles. The number of allylic oxidation sites excluding steroid dienone is 4. The molecule has 0 saturated heterocycles. The van der Waals surface area contributed by atoms with Gasteiger partial charge in [0.25, 0.3) is 0 Å². The Kier molecular flexibility index (Phi) is 1.64. The van der Waals surface area contributed by atoms with E-state index in [0.29, 0.717) is 5.66 Å². The van der Waals surface area contributed by atoms with Gasteiger partial charge in [-0.15, -0.1) is 9.24 Å². The Balaban J connectivity index is 2.49. The van der Waals surface area contributed by atoms with Crippen LogP contribution >= 0.6 is 9.24 Å². The van der Waals surface area contributed by atoms with Gasteiger partial charge in [-0.3, -0.25) is 0 Å². The van der Waals surface area contributed by atoms with Crippen LogP contribution in [0.5, 0.6) is 0 Å². The summed E-state index contributed by atoms with van der Waals surface area (Å²) >= 11 is 0. The van der Waals surface area contributed by atoms with E-state index in [-0.39, 0.29) is 0 Å². The van der Waals surface area contributed by atoms with E-state index in [1.807, 2.05) is 0 Å². The lowest BCUT2D eigenvalue weighted by atomic mass is 10.2. The highest BCUT2D eigenvalue weighted by Crippen LogP contribution is 2.08. The van der Waals surface area contributed by atoms with Crippen molar-refractivity contribution in [3.05, 3.63) is 24.3 Å². The first-order chi connectivity index (χ1) is 3.39. The molecule has 1 aliphatic carbocycles. The Morgan fingerprint density at radius 2 is 1.86 bits per heavy atom. The van der Waals surface area contributed by atoms with Crippen LogP contribution in [0.15, 0.2) is 24.3 Å². The largest absolute Gasteiger partial charge is 0.126 e. The predicted octanol–water partition coefficient (Wildman–Crippen LogP) is 1.75. The van der Waals surface area contributed by atoms with Crippen LogP contribution in [0.2, 0.25) is 0 Å². The molecule has 0 saturated carbocycles. The van der Waals surface area contributed by atoms with E-state index in [1.54, 1.807) is 0 Å². The van der Waals surface area contributed by atoms with E-state index >= 15 is 0 Å². The summed E-state index contributed by atoms with van der Waals surface area (Å²) in [6.45, 7) is 0. The Labute approximate surface area is 46.5 Å². The van der Waals surface area contributed by atoms with Gasteiger partial charge in [0, 0.05) is 5.66 Å². The molecule has 0 aromatic rings. The van der Waals surface area contributed by atoms with Crippen LogP contribution in [-0.4, -0.2) is 5.66 Å². The first-order valence-electron chi connectivity index (χ1n) is 2.48. The maximum Gasteiger partial charge on any atom is 0.00928 e. The monoisotopic (exact) mass is 112 g/mol. The average Bonchev–Trinajstić information content (AvgIpc) is 1.69. The molecule has 0 radical (unpaired) electrons. The van der Waals surface area contributed by atoms with Crippen molar-refractivity contribution in [3.63, 3.8) is 0 Å². The molecule has 1 aliphatic rings. The molecule has 0 amide bonds. The van der Waals surface area contributed by atoms with E-state index in [1.165, 1.54) is 0 Å². The second-order valence-corrected chi connectivity index (χ2v) is 2.44. The Morgan fingerprint density at radius 1 is 1.29 bits per heavy atom.